The van der Waals surface area contributed by atoms with Crippen LogP contribution in [0.15, 0.2) is 42.5 Å². The van der Waals surface area contributed by atoms with Gasteiger partial charge < -0.3 is 4.74 Å². The highest BCUT2D eigenvalue weighted by molar-refractivity contribution is 7.97. The molecule has 1 aliphatic rings. The van der Waals surface area contributed by atoms with Crippen LogP contribution in [0.25, 0.3) is 11.1 Å². The van der Waals surface area contributed by atoms with Gasteiger partial charge >= 0.3 is 0 Å². The highest BCUT2D eigenvalue weighted by Crippen LogP contribution is 2.28. The zero-order valence-electron chi connectivity index (χ0n) is 14.1. The van der Waals surface area contributed by atoms with Gasteiger partial charge in [0.15, 0.2) is 5.82 Å². The standard InChI is InChI=1S/C19H20ClFN2O2S/c20-17-11-15(14-4-2-1-3-5-14)10-16(18(17)21)19(24)22-23-26-12-13-6-8-25-9-7-13/h1-5,10-11,13,23H,6-9,12H2,(H,22,24). The van der Waals surface area contributed by atoms with E-state index in [9.17, 15) is 9.18 Å². The van der Waals surface area contributed by atoms with Gasteiger partial charge in [0, 0.05) is 19.0 Å². The molecule has 2 aromatic rings. The Labute approximate surface area is 161 Å². The number of halogens is 2. The Hall–Kier alpha value is -1.60. The summed E-state index contributed by atoms with van der Waals surface area (Å²) in [5.41, 5.74) is 4.00. The number of hydrazine groups is 1. The molecule has 0 atom stereocenters. The largest absolute Gasteiger partial charge is 0.381 e. The molecule has 1 amide bonds. The number of hydrogen-bond acceptors (Lipinski definition) is 4. The molecule has 0 aliphatic carbocycles. The van der Waals surface area contributed by atoms with Crippen LogP contribution in [0.2, 0.25) is 5.02 Å². The minimum absolute atomic E-state index is 0.0774. The van der Waals surface area contributed by atoms with E-state index < -0.39 is 11.7 Å². The third-order valence-corrected chi connectivity index (χ3v) is 5.44. The smallest absolute Gasteiger partial charge is 0.269 e. The summed E-state index contributed by atoms with van der Waals surface area (Å²) in [5, 5.41) is -0.0774. The Morgan fingerprint density at radius 3 is 2.65 bits per heavy atom. The number of nitrogens with one attached hydrogen (secondary N) is 2. The summed E-state index contributed by atoms with van der Waals surface area (Å²) >= 11 is 7.38. The number of carbonyl (C=O) groups excluding carboxylic acids is 1. The van der Waals surface area contributed by atoms with Crippen molar-refractivity contribution in [2.24, 2.45) is 5.92 Å². The molecule has 7 heteroatoms. The molecule has 0 bridgehead atoms. The van der Waals surface area contributed by atoms with Gasteiger partial charge in [-0.05, 0) is 42.0 Å². The molecule has 0 saturated carbocycles. The zero-order chi connectivity index (χ0) is 18.4. The quantitative estimate of drug-likeness (QED) is 0.431. The van der Waals surface area contributed by atoms with Crippen LogP contribution in [0.3, 0.4) is 0 Å². The molecule has 2 aromatic carbocycles. The van der Waals surface area contributed by atoms with E-state index in [1.54, 1.807) is 0 Å². The summed E-state index contributed by atoms with van der Waals surface area (Å²) in [7, 11) is 0. The van der Waals surface area contributed by atoms with Crippen LogP contribution in [0.4, 0.5) is 4.39 Å². The van der Waals surface area contributed by atoms with Crippen LogP contribution in [0.5, 0.6) is 0 Å². The van der Waals surface area contributed by atoms with Crippen molar-refractivity contribution < 1.29 is 13.9 Å². The summed E-state index contributed by atoms with van der Waals surface area (Å²) < 4.78 is 19.6. The van der Waals surface area contributed by atoms with Crippen molar-refractivity contribution in [2.45, 2.75) is 12.8 Å². The van der Waals surface area contributed by atoms with Crippen LogP contribution in [0.1, 0.15) is 23.2 Å². The Balaban J connectivity index is 1.62. The summed E-state index contributed by atoms with van der Waals surface area (Å²) in [5.74, 6) is 0.143. The second-order valence-electron chi connectivity index (χ2n) is 6.11. The number of ether oxygens (including phenoxy) is 1. The molecule has 26 heavy (non-hydrogen) atoms. The van der Waals surface area contributed by atoms with Crippen LogP contribution < -0.4 is 10.3 Å². The predicted molar refractivity (Wildman–Crippen MR) is 103 cm³/mol. The fraction of sp³-hybridized carbons (Fsp3) is 0.316. The minimum Gasteiger partial charge on any atom is -0.381 e. The van der Waals surface area contributed by atoms with Gasteiger partial charge in [-0.1, -0.05) is 53.9 Å². The highest BCUT2D eigenvalue weighted by atomic mass is 35.5. The normalized spacial score (nSPS) is 15.0. The van der Waals surface area contributed by atoms with Gasteiger partial charge in [0.05, 0.1) is 10.6 Å². The van der Waals surface area contributed by atoms with Crippen LogP contribution in [0, 0.1) is 11.7 Å². The van der Waals surface area contributed by atoms with E-state index in [2.05, 4.69) is 10.3 Å². The van der Waals surface area contributed by atoms with Crippen molar-refractivity contribution in [1.82, 2.24) is 10.3 Å². The summed E-state index contributed by atoms with van der Waals surface area (Å²) in [6.45, 7) is 1.57. The molecular weight excluding hydrogens is 375 g/mol. The first kappa shape index (κ1) is 19.2. The van der Waals surface area contributed by atoms with Gasteiger partial charge in [-0.15, -0.1) is 0 Å². The van der Waals surface area contributed by atoms with E-state index in [1.165, 1.54) is 24.1 Å². The first-order valence-electron chi connectivity index (χ1n) is 8.44. The molecule has 1 aliphatic heterocycles. The van der Waals surface area contributed by atoms with E-state index in [4.69, 9.17) is 16.3 Å². The lowest BCUT2D eigenvalue weighted by molar-refractivity contribution is 0.0727. The molecule has 1 heterocycles. The zero-order valence-corrected chi connectivity index (χ0v) is 15.7. The molecule has 1 fully saturated rings. The number of amides is 1. The van der Waals surface area contributed by atoms with E-state index in [1.807, 2.05) is 30.3 Å². The molecule has 0 spiro atoms. The third kappa shape index (κ3) is 4.98. The lowest BCUT2D eigenvalue weighted by Crippen LogP contribution is -2.34. The Morgan fingerprint density at radius 1 is 1.19 bits per heavy atom. The molecule has 4 nitrogen and oxygen atoms in total. The van der Waals surface area contributed by atoms with E-state index in [-0.39, 0.29) is 10.6 Å². The lowest BCUT2D eigenvalue weighted by Gasteiger charge is -2.21. The second-order valence-corrected chi connectivity index (χ2v) is 7.34. The monoisotopic (exact) mass is 394 g/mol. The number of benzene rings is 2. The van der Waals surface area contributed by atoms with E-state index in [0.29, 0.717) is 11.5 Å². The maximum absolute atomic E-state index is 14.3. The molecule has 1 saturated heterocycles. The van der Waals surface area contributed by atoms with Crippen molar-refractivity contribution in [2.75, 3.05) is 19.0 Å². The fourth-order valence-electron chi connectivity index (χ4n) is 2.77. The number of rotatable bonds is 6. The first-order valence-corrected chi connectivity index (χ1v) is 9.81. The Morgan fingerprint density at radius 2 is 1.92 bits per heavy atom. The Kier molecular flexibility index (Phi) is 6.91. The maximum Gasteiger partial charge on any atom is 0.269 e. The molecule has 0 radical (unpaired) electrons. The molecule has 3 rings (SSSR count). The van der Waals surface area contributed by atoms with Crippen LogP contribution in [-0.2, 0) is 4.74 Å². The lowest BCUT2D eigenvalue weighted by atomic mass is 10.0. The van der Waals surface area contributed by atoms with Gasteiger partial charge in [-0.2, -0.15) is 4.83 Å². The predicted octanol–water partition coefficient (Wildman–Crippen LogP) is 4.46. The van der Waals surface area contributed by atoms with E-state index >= 15 is 0 Å². The molecule has 2 N–H and O–H groups in total. The van der Waals surface area contributed by atoms with Crippen molar-refractivity contribution in [3.63, 3.8) is 0 Å². The fourth-order valence-corrected chi connectivity index (χ4v) is 3.81. The summed E-state index contributed by atoms with van der Waals surface area (Å²) in [6.07, 6.45) is 2.04. The van der Waals surface area contributed by atoms with Crippen molar-refractivity contribution in [3.05, 3.63) is 58.9 Å². The van der Waals surface area contributed by atoms with Gasteiger partial charge in [0.2, 0.25) is 0 Å². The maximum atomic E-state index is 14.3. The van der Waals surface area contributed by atoms with Crippen LogP contribution >= 0.6 is 23.5 Å². The second kappa shape index (κ2) is 9.37. The average Bonchev–Trinajstić information content (AvgIpc) is 2.68. The first-order chi connectivity index (χ1) is 12.6. The van der Waals surface area contributed by atoms with Gasteiger partial charge in [0.1, 0.15) is 0 Å². The van der Waals surface area contributed by atoms with Crippen molar-refractivity contribution in [3.8, 4) is 11.1 Å². The molecule has 0 unspecified atom stereocenters. The SMILES string of the molecule is O=C(NNSCC1CCOCC1)c1cc(-c2ccccc2)cc(Cl)c1F. The third-order valence-electron chi connectivity index (χ3n) is 4.28. The average molecular weight is 395 g/mol. The van der Waals surface area contributed by atoms with Gasteiger partial charge in [-0.3, -0.25) is 10.2 Å². The van der Waals surface area contributed by atoms with Crippen molar-refractivity contribution >= 4 is 29.5 Å². The highest BCUT2D eigenvalue weighted by Gasteiger charge is 2.18. The Bertz CT molecular complexity index is 755. The molecule has 0 aromatic heterocycles. The molecular formula is C19H20ClFN2O2S. The number of hydrogen-bond donors (Lipinski definition) is 2. The van der Waals surface area contributed by atoms with Crippen molar-refractivity contribution in [1.29, 1.82) is 0 Å². The number of carbonyl (C=O) groups is 1. The van der Waals surface area contributed by atoms with Gasteiger partial charge in [-0.25, -0.2) is 4.39 Å². The van der Waals surface area contributed by atoms with Crippen LogP contribution in [-0.4, -0.2) is 24.9 Å². The van der Waals surface area contributed by atoms with Gasteiger partial charge in [0.25, 0.3) is 5.91 Å². The topological polar surface area (TPSA) is 50.4 Å². The van der Waals surface area contributed by atoms with E-state index in [0.717, 1.165) is 37.4 Å². The molecule has 138 valence electrons. The summed E-state index contributed by atoms with van der Waals surface area (Å²) in [4.78, 5) is 15.2. The summed E-state index contributed by atoms with van der Waals surface area (Å²) in [6, 6.07) is 12.4. The minimum atomic E-state index is -0.722.